The molecule has 1 aromatic carbocycles. The molecule has 0 aromatic heterocycles. The van der Waals surface area contributed by atoms with Crippen LogP contribution in [-0.4, -0.2) is 39.2 Å². The molecule has 0 radical (unpaired) electrons. The van der Waals surface area contributed by atoms with E-state index in [1.165, 1.54) is 0 Å². The fourth-order valence-electron chi connectivity index (χ4n) is 1.67. The molecule has 1 N–H and O–H groups in total. The van der Waals surface area contributed by atoms with E-state index in [0.717, 1.165) is 37.4 Å². The van der Waals surface area contributed by atoms with E-state index >= 15 is 0 Å². The molecule has 0 aliphatic carbocycles. The highest BCUT2D eigenvalue weighted by atomic mass is 16.5. The van der Waals surface area contributed by atoms with Crippen LogP contribution in [0, 0.1) is 11.3 Å². The molecule has 1 rings (SSSR count). The lowest BCUT2D eigenvalue weighted by Crippen LogP contribution is -2.14. The molecule has 0 aliphatic rings. The molecule has 4 heteroatoms. The Morgan fingerprint density at radius 2 is 2.11 bits per heavy atom. The summed E-state index contributed by atoms with van der Waals surface area (Å²) in [7, 11) is 5.77. The van der Waals surface area contributed by atoms with Gasteiger partial charge in [0.25, 0.3) is 0 Å². The Hall–Kier alpha value is -1.73. The van der Waals surface area contributed by atoms with Crippen LogP contribution in [0.2, 0.25) is 0 Å². The maximum absolute atomic E-state index is 9.02. The summed E-state index contributed by atoms with van der Waals surface area (Å²) in [6.07, 6.45) is 2.23. The quantitative estimate of drug-likeness (QED) is 0.751. The molecule has 0 saturated carbocycles. The molecule has 0 heterocycles. The third-order valence-corrected chi connectivity index (χ3v) is 2.69. The Morgan fingerprint density at radius 1 is 1.33 bits per heavy atom. The molecule has 0 unspecified atom stereocenters. The van der Waals surface area contributed by atoms with Gasteiger partial charge in [0.15, 0.2) is 0 Å². The third kappa shape index (κ3) is 4.64. The monoisotopic (exact) mass is 247 g/mol. The van der Waals surface area contributed by atoms with Gasteiger partial charge in [-0.15, -0.1) is 0 Å². The molecule has 0 bridgehead atoms. The van der Waals surface area contributed by atoms with Crippen molar-refractivity contribution in [2.24, 2.45) is 0 Å². The van der Waals surface area contributed by atoms with Gasteiger partial charge in [0.1, 0.15) is 11.8 Å². The van der Waals surface area contributed by atoms with E-state index in [4.69, 9.17) is 10.00 Å². The Bertz CT molecular complexity index is 410. The van der Waals surface area contributed by atoms with Gasteiger partial charge in [-0.1, -0.05) is 0 Å². The lowest BCUT2D eigenvalue weighted by molar-refractivity contribution is 0.396. The SMILES string of the molecule is COc1ccc(C#N)c(NCCCCN(C)C)c1. The number of unbranched alkanes of at least 4 members (excludes halogenated alkanes) is 1. The Labute approximate surface area is 109 Å². The van der Waals surface area contributed by atoms with Crippen LogP contribution in [0.3, 0.4) is 0 Å². The van der Waals surface area contributed by atoms with Crippen LogP contribution in [0.5, 0.6) is 5.75 Å². The van der Waals surface area contributed by atoms with Crippen molar-refractivity contribution < 1.29 is 4.74 Å². The van der Waals surface area contributed by atoms with Gasteiger partial charge in [-0.3, -0.25) is 0 Å². The molecule has 4 nitrogen and oxygen atoms in total. The van der Waals surface area contributed by atoms with Crippen LogP contribution in [0.15, 0.2) is 18.2 Å². The van der Waals surface area contributed by atoms with Crippen LogP contribution in [0.25, 0.3) is 0 Å². The summed E-state index contributed by atoms with van der Waals surface area (Å²) in [5.74, 6) is 0.768. The fourth-order valence-corrected chi connectivity index (χ4v) is 1.67. The highest BCUT2D eigenvalue weighted by molar-refractivity contribution is 5.60. The Balaban J connectivity index is 2.48. The van der Waals surface area contributed by atoms with Gasteiger partial charge in [-0.25, -0.2) is 0 Å². The van der Waals surface area contributed by atoms with E-state index in [1.807, 2.05) is 6.07 Å². The average molecular weight is 247 g/mol. The maximum atomic E-state index is 9.02. The van der Waals surface area contributed by atoms with E-state index in [0.29, 0.717) is 5.56 Å². The smallest absolute Gasteiger partial charge is 0.121 e. The van der Waals surface area contributed by atoms with Gasteiger partial charge in [0, 0.05) is 12.6 Å². The summed E-state index contributed by atoms with van der Waals surface area (Å²) < 4.78 is 5.16. The molecule has 98 valence electrons. The number of anilines is 1. The van der Waals surface area contributed by atoms with Crippen molar-refractivity contribution in [1.82, 2.24) is 4.90 Å². The minimum atomic E-state index is 0.656. The molecule has 0 aliphatic heterocycles. The minimum absolute atomic E-state index is 0.656. The summed E-state index contributed by atoms with van der Waals surface area (Å²) in [6.45, 7) is 1.96. The summed E-state index contributed by atoms with van der Waals surface area (Å²) in [5.41, 5.74) is 1.50. The van der Waals surface area contributed by atoms with Crippen molar-refractivity contribution in [1.29, 1.82) is 5.26 Å². The molecule has 0 atom stereocenters. The summed E-state index contributed by atoms with van der Waals surface area (Å²) >= 11 is 0. The van der Waals surface area contributed by atoms with Crippen LogP contribution >= 0.6 is 0 Å². The maximum Gasteiger partial charge on any atom is 0.121 e. The zero-order valence-electron chi connectivity index (χ0n) is 11.4. The molecule has 0 saturated heterocycles. The third-order valence-electron chi connectivity index (χ3n) is 2.69. The average Bonchev–Trinajstić information content (AvgIpc) is 2.37. The first kappa shape index (κ1) is 14.3. The van der Waals surface area contributed by atoms with Gasteiger partial charge < -0.3 is 15.0 Å². The zero-order chi connectivity index (χ0) is 13.4. The van der Waals surface area contributed by atoms with Crippen LogP contribution in [0.1, 0.15) is 18.4 Å². The van der Waals surface area contributed by atoms with Crippen molar-refractivity contribution in [3.05, 3.63) is 23.8 Å². The second-order valence-electron chi connectivity index (χ2n) is 4.46. The largest absolute Gasteiger partial charge is 0.497 e. The predicted octanol–water partition coefficient (Wildman–Crippen LogP) is 2.32. The number of ether oxygens (including phenoxy) is 1. The van der Waals surface area contributed by atoms with Crippen LogP contribution < -0.4 is 10.1 Å². The first-order valence-electron chi connectivity index (χ1n) is 6.14. The predicted molar refractivity (Wildman–Crippen MR) is 74.0 cm³/mol. The topological polar surface area (TPSA) is 48.3 Å². The van der Waals surface area contributed by atoms with E-state index < -0.39 is 0 Å². The van der Waals surface area contributed by atoms with Crippen molar-refractivity contribution >= 4 is 5.69 Å². The van der Waals surface area contributed by atoms with Crippen molar-refractivity contribution in [2.75, 3.05) is 39.6 Å². The molecule has 1 aromatic rings. The van der Waals surface area contributed by atoms with Crippen LogP contribution in [0.4, 0.5) is 5.69 Å². The fraction of sp³-hybridized carbons (Fsp3) is 0.500. The Kier molecular flexibility index (Phi) is 6.03. The molecule has 18 heavy (non-hydrogen) atoms. The number of methoxy groups -OCH3 is 1. The second kappa shape index (κ2) is 7.57. The standard InChI is InChI=1S/C14H21N3O/c1-17(2)9-5-4-8-16-14-10-13(18-3)7-6-12(14)11-15/h6-7,10,16H,4-5,8-9H2,1-3H3. The highest BCUT2D eigenvalue weighted by Gasteiger charge is 2.03. The first-order chi connectivity index (χ1) is 8.67. The molecule has 0 spiro atoms. The first-order valence-corrected chi connectivity index (χ1v) is 6.14. The lowest BCUT2D eigenvalue weighted by atomic mass is 10.2. The van der Waals surface area contributed by atoms with E-state index in [2.05, 4.69) is 30.4 Å². The van der Waals surface area contributed by atoms with Crippen molar-refractivity contribution in [3.8, 4) is 11.8 Å². The normalized spacial score (nSPS) is 10.2. The lowest BCUT2D eigenvalue weighted by Gasteiger charge is -2.11. The number of nitrogens with one attached hydrogen (secondary N) is 1. The summed E-state index contributed by atoms with van der Waals surface area (Å²) in [5, 5.41) is 12.3. The molecule has 0 amide bonds. The number of rotatable bonds is 7. The molecule has 0 fully saturated rings. The minimum Gasteiger partial charge on any atom is -0.497 e. The van der Waals surface area contributed by atoms with Gasteiger partial charge in [-0.05, 0) is 45.6 Å². The summed E-state index contributed by atoms with van der Waals surface area (Å²) in [6, 6.07) is 7.63. The van der Waals surface area contributed by atoms with Gasteiger partial charge in [0.2, 0.25) is 0 Å². The number of benzene rings is 1. The van der Waals surface area contributed by atoms with Gasteiger partial charge >= 0.3 is 0 Å². The molecular formula is C14H21N3O. The Morgan fingerprint density at radius 3 is 2.72 bits per heavy atom. The van der Waals surface area contributed by atoms with Gasteiger partial charge in [-0.2, -0.15) is 5.26 Å². The van der Waals surface area contributed by atoms with Crippen molar-refractivity contribution in [3.63, 3.8) is 0 Å². The van der Waals surface area contributed by atoms with E-state index in [-0.39, 0.29) is 0 Å². The number of nitriles is 1. The number of hydrogen-bond acceptors (Lipinski definition) is 4. The molecular weight excluding hydrogens is 226 g/mol. The van der Waals surface area contributed by atoms with E-state index in [9.17, 15) is 0 Å². The summed E-state index contributed by atoms with van der Waals surface area (Å²) in [4.78, 5) is 2.17. The van der Waals surface area contributed by atoms with E-state index in [1.54, 1.807) is 19.2 Å². The highest BCUT2D eigenvalue weighted by Crippen LogP contribution is 2.21. The second-order valence-corrected chi connectivity index (χ2v) is 4.46. The number of hydrogen-bond donors (Lipinski definition) is 1. The number of nitrogens with zero attached hydrogens (tertiary/aromatic N) is 2. The van der Waals surface area contributed by atoms with Gasteiger partial charge in [0.05, 0.1) is 18.4 Å². The zero-order valence-corrected chi connectivity index (χ0v) is 11.4. The van der Waals surface area contributed by atoms with Crippen LogP contribution in [-0.2, 0) is 0 Å². The van der Waals surface area contributed by atoms with Crippen molar-refractivity contribution in [2.45, 2.75) is 12.8 Å².